The first-order valence-corrected chi connectivity index (χ1v) is 14.2. The van der Waals surface area contributed by atoms with Crippen molar-refractivity contribution in [2.75, 3.05) is 33.1 Å². The molecule has 5 rings (SSSR count). The molecule has 0 radical (unpaired) electrons. The molecule has 0 bridgehead atoms. The second-order valence-corrected chi connectivity index (χ2v) is 13.5. The van der Waals surface area contributed by atoms with Crippen molar-refractivity contribution >= 4 is 35.4 Å². The summed E-state index contributed by atoms with van der Waals surface area (Å²) < 4.78 is 2.20. The number of fused-ring (bicyclic) bond motifs is 2. The Morgan fingerprint density at radius 1 is 0.857 bits per heavy atom. The van der Waals surface area contributed by atoms with Crippen LogP contribution in [0.15, 0.2) is 114 Å². The van der Waals surface area contributed by atoms with Crippen molar-refractivity contribution in [3.8, 4) is 0 Å². The maximum Gasteiger partial charge on any atom is 0.199 e. The second kappa shape index (κ2) is 8.83. The van der Waals surface area contributed by atoms with Crippen LogP contribution in [-0.4, -0.2) is 46.6 Å². The van der Waals surface area contributed by atoms with Crippen molar-refractivity contribution in [1.82, 2.24) is 0 Å². The van der Waals surface area contributed by atoms with E-state index in [9.17, 15) is 0 Å². The number of rotatable bonds is 4. The molecule has 1 heterocycles. The number of benzene rings is 3. The molecule has 35 heavy (non-hydrogen) atoms. The Labute approximate surface area is 210 Å². The van der Waals surface area contributed by atoms with E-state index < -0.39 is 8.07 Å². The molecule has 1 aliphatic carbocycles. The fraction of sp³-hybridized carbons (Fsp3) is 0.156. The quantitative estimate of drug-likeness (QED) is 0.385. The third kappa shape index (κ3) is 3.58. The van der Waals surface area contributed by atoms with Gasteiger partial charge in [0.15, 0.2) is 13.8 Å². The van der Waals surface area contributed by atoms with Gasteiger partial charge in [-0.15, -0.1) is 6.58 Å². The van der Waals surface area contributed by atoms with Crippen molar-refractivity contribution < 1.29 is 4.58 Å². The van der Waals surface area contributed by atoms with Crippen LogP contribution in [0.3, 0.4) is 0 Å². The molecule has 0 spiro atoms. The molecular weight excluding hydrogens is 440 g/mol. The van der Waals surface area contributed by atoms with Crippen LogP contribution in [0, 0.1) is 6.92 Å². The largest absolute Gasteiger partial charge is 0.378 e. The van der Waals surface area contributed by atoms with E-state index in [2.05, 4.69) is 148 Å². The van der Waals surface area contributed by atoms with Crippen LogP contribution in [0.2, 0.25) is 0 Å². The summed E-state index contributed by atoms with van der Waals surface area (Å²) in [5, 5.41) is 4.19. The smallest absolute Gasteiger partial charge is 0.199 e. The van der Waals surface area contributed by atoms with Gasteiger partial charge in [-0.3, -0.25) is 0 Å². The minimum Gasteiger partial charge on any atom is -0.378 e. The fourth-order valence-electron chi connectivity index (χ4n) is 5.49. The lowest BCUT2D eigenvalue weighted by Crippen LogP contribution is -2.62. The molecule has 1 aliphatic heterocycles. The molecule has 0 saturated heterocycles. The van der Waals surface area contributed by atoms with Crippen molar-refractivity contribution in [2.24, 2.45) is 0 Å². The van der Waals surface area contributed by atoms with Crippen LogP contribution in [0.4, 0.5) is 5.69 Å². The van der Waals surface area contributed by atoms with E-state index in [1.54, 1.807) is 0 Å². The number of hydrogen-bond donors (Lipinski definition) is 0. The van der Waals surface area contributed by atoms with Crippen LogP contribution in [0.5, 0.6) is 0 Å². The summed E-state index contributed by atoms with van der Waals surface area (Å²) in [6.07, 6.45) is 7.01. The van der Waals surface area contributed by atoms with Crippen molar-refractivity contribution in [2.45, 2.75) is 6.92 Å². The average Bonchev–Trinajstić information content (AvgIpc) is 2.88. The van der Waals surface area contributed by atoms with Crippen LogP contribution in [-0.2, 0) is 0 Å². The maximum absolute atomic E-state index is 4.52. The first-order chi connectivity index (χ1) is 16.9. The molecule has 0 amide bonds. The van der Waals surface area contributed by atoms with E-state index in [4.69, 9.17) is 0 Å². The lowest BCUT2D eigenvalue weighted by molar-refractivity contribution is -0.462. The molecule has 2 aliphatic rings. The Kier molecular flexibility index (Phi) is 5.82. The first kappa shape index (κ1) is 23.1. The normalized spacial score (nSPS) is 18.5. The van der Waals surface area contributed by atoms with Gasteiger partial charge >= 0.3 is 0 Å². The fourth-order valence-corrected chi connectivity index (χ4v) is 9.82. The summed E-state index contributed by atoms with van der Waals surface area (Å²) >= 11 is 0. The van der Waals surface area contributed by atoms with E-state index >= 15 is 0 Å². The Bertz CT molecular complexity index is 1450. The van der Waals surface area contributed by atoms with Gasteiger partial charge in [-0.05, 0) is 68.5 Å². The highest BCUT2D eigenvalue weighted by atomic mass is 28.3. The number of aryl methyl sites for hydroxylation is 1. The molecule has 2 nitrogen and oxygen atoms in total. The third-order valence-corrected chi connectivity index (χ3v) is 11.8. The summed E-state index contributed by atoms with van der Waals surface area (Å²) in [7, 11) is 5.95. The van der Waals surface area contributed by atoms with Gasteiger partial charge in [0.05, 0.1) is 0 Å². The molecule has 1 atom stereocenters. The molecule has 0 N–H and O–H groups in total. The second-order valence-electron chi connectivity index (χ2n) is 9.82. The Balaban J connectivity index is 1.99. The number of nitrogens with zero attached hydrogens (tertiary/aromatic N) is 2. The Hall–Kier alpha value is -3.69. The minimum atomic E-state index is -2.53. The molecule has 3 heteroatoms. The molecular formula is C32H33N2Si+. The molecule has 0 aromatic heterocycles. The lowest BCUT2D eigenvalue weighted by Gasteiger charge is -2.41. The van der Waals surface area contributed by atoms with E-state index in [0.29, 0.717) is 0 Å². The lowest BCUT2D eigenvalue weighted by atomic mass is 9.87. The number of allylic oxidation sites excluding steroid dienone is 5. The predicted molar refractivity (Wildman–Crippen MR) is 154 cm³/mol. The zero-order chi connectivity index (χ0) is 24.7. The molecule has 0 fully saturated rings. The van der Waals surface area contributed by atoms with E-state index in [1.807, 2.05) is 0 Å². The molecule has 3 aromatic rings. The molecule has 0 saturated carbocycles. The minimum absolute atomic E-state index is 1.22. The SMILES string of the molecule is C=C[Si]1(c2ccccc2)C2=CC(=[N+](C)C)C=CC2=C(c2ccccc2C)c2ccc(N(C)C)cc21. The van der Waals surface area contributed by atoms with Gasteiger partial charge in [0.25, 0.3) is 0 Å². The molecule has 3 aromatic carbocycles. The van der Waals surface area contributed by atoms with Gasteiger partial charge in [0.2, 0.25) is 0 Å². The van der Waals surface area contributed by atoms with E-state index in [-0.39, 0.29) is 0 Å². The van der Waals surface area contributed by atoms with E-state index in [0.717, 1.165) is 0 Å². The van der Waals surface area contributed by atoms with Gasteiger partial charge in [-0.25, -0.2) is 4.58 Å². The zero-order valence-corrected chi connectivity index (χ0v) is 22.3. The van der Waals surface area contributed by atoms with Gasteiger partial charge in [0, 0.05) is 31.9 Å². The average molecular weight is 474 g/mol. The molecule has 174 valence electrons. The van der Waals surface area contributed by atoms with Gasteiger partial charge in [-0.2, -0.15) is 0 Å². The maximum atomic E-state index is 4.52. The highest BCUT2D eigenvalue weighted by molar-refractivity contribution is 7.12. The summed E-state index contributed by atoms with van der Waals surface area (Å²) in [5.41, 5.74) is 11.3. The summed E-state index contributed by atoms with van der Waals surface area (Å²) in [6.45, 7) is 6.74. The van der Waals surface area contributed by atoms with E-state index in [1.165, 1.54) is 54.8 Å². The van der Waals surface area contributed by atoms with Gasteiger partial charge in [0.1, 0.15) is 14.1 Å². The van der Waals surface area contributed by atoms with Crippen LogP contribution in [0.25, 0.3) is 5.57 Å². The van der Waals surface area contributed by atoms with Gasteiger partial charge < -0.3 is 4.90 Å². The van der Waals surface area contributed by atoms with Gasteiger partial charge in [-0.1, -0.05) is 66.4 Å². The van der Waals surface area contributed by atoms with Crippen molar-refractivity contribution in [3.05, 3.63) is 131 Å². The monoisotopic (exact) mass is 473 g/mol. The summed E-state index contributed by atoms with van der Waals surface area (Å²) in [6, 6.07) is 26.8. The van der Waals surface area contributed by atoms with Crippen LogP contribution < -0.4 is 15.3 Å². The number of anilines is 1. The zero-order valence-electron chi connectivity index (χ0n) is 21.3. The first-order valence-electron chi connectivity index (χ1n) is 12.1. The van der Waals surface area contributed by atoms with Crippen molar-refractivity contribution in [1.29, 1.82) is 0 Å². The summed E-state index contributed by atoms with van der Waals surface area (Å²) in [4.78, 5) is 2.20. The van der Waals surface area contributed by atoms with Crippen LogP contribution in [0.1, 0.15) is 16.7 Å². The topological polar surface area (TPSA) is 6.25 Å². The predicted octanol–water partition coefficient (Wildman–Crippen LogP) is 4.91. The van der Waals surface area contributed by atoms with Crippen molar-refractivity contribution in [3.63, 3.8) is 0 Å². The summed E-state index contributed by atoms with van der Waals surface area (Å²) in [5.74, 6) is 0. The highest BCUT2D eigenvalue weighted by Gasteiger charge is 2.46. The Morgan fingerprint density at radius 3 is 2.23 bits per heavy atom. The Morgan fingerprint density at radius 2 is 1.57 bits per heavy atom. The number of hydrogen-bond acceptors (Lipinski definition) is 1. The highest BCUT2D eigenvalue weighted by Crippen LogP contribution is 2.42. The van der Waals surface area contributed by atoms with Crippen LogP contribution >= 0.6 is 0 Å². The molecule has 1 unspecified atom stereocenters. The third-order valence-electron chi connectivity index (χ3n) is 7.38. The standard InChI is InChI=1S/C32H33N2Si/c1-7-35(26-14-9-8-10-15-26)30-21-24(33(3)4)17-19-28(30)32(27-16-12-11-13-23(27)2)29-20-18-25(34(5)6)22-31(29)35/h7-22H,1H2,2-6H3/q+1.